The lowest BCUT2D eigenvalue weighted by molar-refractivity contribution is -0.142. The Balaban J connectivity index is 1.60. The summed E-state index contributed by atoms with van der Waals surface area (Å²) >= 11 is 0. The number of amides is 3. The number of aromatic nitrogens is 1. The predicted molar refractivity (Wildman–Crippen MR) is 117 cm³/mol. The minimum absolute atomic E-state index is 0.0260. The first kappa shape index (κ1) is 21.4. The monoisotopic (exact) mass is 426 g/mol. The molecule has 1 aromatic heterocycles. The van der Waals surface area contributed by atoms with Crippen molar-refractivity contribution < 1.29 is 19.1 Å². The number of rotatable bonds is 3. The zero-order chi connectivity index (χ0) is 21.8. The number of nitrogens with zero attached hydrogens (tertiary/aromatic N) is 2. The molecule has 1 saturated heterocycles. The van der Waals surface area contributed by atoms with Crippen molar-refractivity contribution in [3.05, 3.63) is 36.0 Å². The maximum atomic E-state index is 13.4. The van der Waals surface area contributed by atoms with Gasteiger partial charge in [-0.1, -0.05) is 18.9 Å². The highest BCUT2D eigenvalue weighted by molar-refractivity contribution is 6.06. The van der Waals surface area contributed by atoms with Gasteiger partial charge in [-0.2, -0.15) is 0 Å². The summed E-state index contributed by atoms with van der Waals surface area (Å²) in [6.45, 7) is 1.58. The van der Waals surface area contributed by atoms with E-state index in [0.29, 0.717) is 31.7 Å². The van der Waals surface area contributed by atoms with Gasteiger partial charge in [-0.25, -0.2) is 0 Å². The van der Waals surface area contributed by atoms with E-state index in [-0.39, 0.29) is 36.3 Å². The third kappa shape index (κ3) is 4.44. The highest BCUT2D eigenvalue weighted by Gasteiger charge is 2.37. The molecule has 2 fully saturated rings. The minimum Gasteiger partial charge on any atom is -0.375 e. The van der Waals surface area contributed by atoms with Gasteiger partial charge in [-0.15, -0.1) is 0 Å². The van der Waals surface area contributed by atoms with Crippen molar-refractivity contribution in [3.63, 3.8) is 0 Å². The summed E-state index contributed by atoms with van der Waals surface area (Å²) in [6, 6.07) is 7.35. The Bertz CT molecular complexity index is 956. The smallest absolute Gasteiger partial charge is 0.254 e. The normalized spacial score (nSPS) is 22.7. The van der Waals surface area contributed by atoms with Gasteiger partial charge in [0.1, 0.15) is 6.61 Å². The summed E-state index contributed by atoms with van der Waals surface area (Å²) in [6.07, 6.45) is 5.38. The van der Waals surface area contributed by atoms with Crippen molar-refractivity contribution in [2.75, 3.05) is 39.9 Å². The van der Waals surface area contributed by atoms with E-state index in [2.05, 4.69) is 10.3 Å². The number of hydrogen-bond acceptors (Lipinski definition) is 4. The van der Waals surface area contributed by atoms with Crippen LogP contribution >= 0.6 is 0 Å². The van der Waals surface area contributed by atoms with E-state index in [4.69, 9.17) is 4.74 Å². The molecule has 2 heterocycles. The fourth-order valence-corrected chi connectivity index (χ4v) is 4.90. The SMILES string of the molecule is COCC(=O)N1CCN(C(=O)c2cccc3[nH]ccc23)CCNC(=O)C2CCCCC21. The average molecular weight is 427 g/mol. The van der Waals surface area contributed by atoms with Crippen molar-refractivity contribution in [2.45, 2.75) is 31.7 Å². The molecule has 31 heavy (non-hydrogen) atoms. The molecule has 4 rings (SSSR count). The maximum absolute atomic E-state index is 13.4. The molecule has 8 nitrogen and oxygen atoms in total. The van der Waals surface area contributed by atoms with E-state index in [1.54, 1.807) is 9.80 Å². The van der Waals surface area contributed by atoms with Crippen LogP contribution in [0, 0.1) is 5.92 Å². The van der Waals surface area contributed by atoms with Crippen LogP contribution in [0.4, 0.5) is 0 Å². The fraction of sp³-hybridized carbons (Fsp3) is 0.522. The van der Waals surface area contributed by atoms with E-state index in [0.717, 1.165) is 36.6 Å². The summed E-state index contributed by atoms with van der Waals surface area (Å²) < 4.78 is 5.10. The molecule has 3 amide bonds. The molecular weight excluding hydrogens is 396 g/mol. The molecule has 1 aliphatic heterocycles. The van der Waals surface area contributed by atoms with Gasteiger partial charge >= 0.3 is 0 Å². The first-order chi connectivity index (χ1) is 15.1. The van der Waals surface area contributed by atoms with Crippen molar-refractivity contribution >= 4 is 28.6 Å². The number of aromatic amines is 1. The molecule has 2 unspecified atom stereocenters. The second-order valence-corrected chi connectivity index (χ2v) is 8.31. The Kier molecular flexibility index (Phi) is 6.56. The molecule has 1 saturated carbocycles. The summed E-state index contributed by atoms with van der Waals surface area (Å²) in [5.74, 6) is -0.459. The number of nitrogens with one attached hydrogen (secondary N) is 2. The molecule has 1 aliphatic carbocycles. The number of hydrogen-bond donors (Lipinski definition) is 2. The van der Waals surface area contributed by atoms with E-state index < -0.39 is 0 Å². The molecule has 2 aliphatic rings. The van der Waals surface area contributed by atoms with Crippen molar-refractivity contribution in [2.24, 2.45) is 5.92 Å². The topological polar surface area (TPSA) is 94.7 Å². The zero-order valence-corrected chi connectivity index (χ0v) is 17.9. The Morgan fingerprint density at radius 1 is 1.13 bits per heavy atom. The number of ether oxygens (including phenoxy) is 1. The summed E-state index contributed by atoms with van der Waals surface area (Å²) in [5.41, 5.74) is 1.52. The van der Waals surface area contributed by atoms with Crippen molar-refractivity contribution in [1.29, 1.82) is 0 Å². The number of carbonyl (C=O) groups is 3. The molecule has 2 aromatic rings. The van der Waals surface area contributed by atoms with Crippen molar-refractivity contribution in [3.8, 4) is 0 Å². The zero-order valence-electron chi connectivity index (χ0n) is 17.9. The van der Waals surface area contributed by atoms with Crippen LogP contribution in [0.3, 0.4) is 0 Å². The van der Waals surface area contributed by atoms with Gasteiger partial charge in [-0.05, 0) is 31.0 Å². The maximum Gasteiger partial charge on any atom is 0.254 e. The third-order valence-electron chi connectivity index (χ3n) is 6.46. The Morgan fingerprint density at radius 2 is 1.97 bits per heavy atom. The van der Waals surface area contributed by atoms with Gasteiger partial charge in [0, 0.05) is 62.0 Å². The van der Waals surface area contributed by atoms with Gasteiger partial charge in [0.05, 0.1) is 5.92 Å². The lowest BCUT2D eigenvalue weighted by atomic mass is 9.82. The van der Waals surface area contributed by atoms with Crippen LogP contribution in [-0.4, -0.2) is 78.4 Å². The van der Waals surface area contributed by atoms with Crippen LogP contribution in [0.15, 0.2) is 30.5 Å². The van der Waals surface area contributed by atoms with Gasteiger partial charge in [0.2, 0.25) is 11.8 Å². The van der Waals surface area contributed by atoms with Crippen LogP contribution < -0.4 is 5.32 Å². The summed E-state index contributed by atoms with van der Waals surface area (Å²) in [7, 11) is 1.50. The first-order valence-corrected chi connectivity index (χ1v) is 11.0. The molecular formula is C23H30N4O4. The second kappa shape index (κ2) is 9.51. The molecule has 0 bridgehead atoms. The van der Waals surface area contributed by atoms with E-state index in [9.17, 15) is 14.4 Å². The van der Waals surface area contributed by atoms with Crippen LogP contribution in [-0.2, 0) is 14.3 Å². The number of carbonyl (C=O) groups excluding carboxylic acids is 3. The van der Waals surface area contributed by atoms with Crippen LogP contribution in [0.1, 0.15) is 36.0 Å². The van der Waals surface area contributed by atoms with Crippen LogP contribution in [0.25, 0.3) is 10.9 Å². The molecule has 8 heteroatoms. The van der Waals surface area contributed by atoms with Gasteiger partial charge in [-0.3, -0.25) is 14.4 Å². The summed E-state index contributed by atoms with van der Waals surface area (Å²) in [4.78, 5) is 45.8. The highest BCUT2D eigenvalue weighted by atomic mass is 16.5. The number of methoxy groups -OCH3 is 1. The molecule has 2 atom stereocenters. The molecule has 1 aromatic carbocycles. The van der Waals surface area contributed by atoms with E-state index >= 15 is 0 Å². The minimum atomic E-state index is -0.203. The summed E-state index contributed by atoms with van der Waals surface area (Å²) in [5, 5.41) is 3.87. The van der Waals surface area contributed by atoms with Gasteiger partial charge in [0.25, 0.3) is 5.91 Å². The second-order valence-electron chi connectivity index (χ2n) is 8.31. The third-order valence-corrected chi connectivity index (χ3v) is 6.46. The van der Waals surface area contributed by atoms with Gasteiger partial charge < -0.3 is 24.8 Å². The molecule has 166 valence electrons. The van der Waals surface area contributed by atoms with Crippen molar-refractivity contribution in [1.82, 2.24) is 20.1 Å². The average Bonchev–Trinajstić information content (AvgIpc) is 3.27. The largest absolute Gasteiger partial charge is 0.375 e. The number of fused-ring (bicyclic) bond motifs is 2. The quantitative estimate of drug-likeness (QED) is 0.782. The Morgan fingerprint density at radius 3 is 2.81 bits per heavy atom. The first-order valence-electron chi connectivity index (χ1n) is 11.0. The highest BCUT2D eigenvalue weighted by Crippen LogP contribution is 2.29. The molecule has 2 N–H and O–H groups in total. The lowest BCUT2D eigenvalue weighted by Crippen LogP contribution is -2.56. The van der Waals surface area contributed by atoms with E-state index in [1.165, 1.54) is 7.11 Å². The fourth-order valence-electron chi connectivity index (χ4n) is 4.90. The standard InChI is InChI=1S/C23H30N4O4/c1-31-15-21(28)27-14-13-26(12-11-25-22(29)18-5-2-3-8-20(18)27)23(30)17-6-4-7-19-16(17)9-10-24-19/h4,6-7,9-10,18,20,24H,2-3,5,8,11-15H2,1H3,(H,25,29). The van der Waals surface area contributed by atoms with Crippen LogP contribution in [0.2, 0.25) is 0 Å². The number of benzene rings is 1. The molecule has 0 radical (unpaired) electrons. The molecule has 0 spiro atoms. The predicted octanol–water partition coefficient (Wildman–Crippen LogP) is 1.77. The Hall–Kier alpha value is -2.87. The lowest BCUT2D eigenvalue weighted by Gasteiger charge is -2.41. The van der Waals surface area contributed by atoms with E-state index in [1.807, 2.05) is 30.5 Å². The van der Waals surface area contributed by atoms with Crippen LogP contribution in [0.5, 0.6) is 0 Å². The number of H-pyrrole nitrogens is 1. The Labute approximate surface area is 181 Å². The van der Waals surface area contributed by atoms with Gasteiger partial charge in [0.15, 0.2) is 0 Å².